The molecule has 0 aliphatic carbocycles. The topological polar surface area (TPSA) is 21.6 Å². The summed E-state index contributed by atoms with van der Waals surface area (Å²) in [6, 6.07) is 0. The van der Waals surface area contributed by atoms with Crippen LogP contribution in [-0.2, 0) is 4.53 Å². The van der Waals surface area contributed by atoms with Gasteiger partial charge in [-0.2, -0.15) is 0 Å². The zero-order valence-corrected chi connectivity index (χ0v) is 8.56. The Balaban J connectivity index is 4.23. The molecule has 1 atom stereocenters. The molecule has 0 saturated heterocycles. The molecule has 0 spiro atoms. The molecule has 0 radical (unpaired) electrons. The molecule has 0 aromatic rings. The largest absolute Gasteiger partial charge is 0.465 e. The van der Waals surface area contributed by atoms with Gasteiger partial charge in [0.25, 0.3) is 0 Å². The molecule has 2 nitrogen and oxygen atoms in total. The summed E-state index contributed by atoms with van der Waals surface area (Å²) >= 11 is 0. The van der Waals surface area contributed by atoms with Crippen molar-refractivity contribution >= 4 is 22.3 Å². The van der Waals surface area contributed by atoms with Gasteiger partial charge in [0, 0.05) is 6.72 Å². The van der Waals surface area contributed by atoms with E-state index in [0.29, 0.717) is 0 Å². The van der Waals surface area contributed by atoms with Gasteiger partial charge in [0.05, 0.1) is 0 Å². The zero-order valence-electron chi connectivity index (χ0n) is 7.56. The molecule has 0 fully saturated rings. The molecule has 58 valence electrons. The molecule has 0 amide bonds. The van der Waals surface area contributed by atoms with Gasteiger partial charge in [-0.25, -0.2) is 0 Å². The lowest BCUT2D eigenvalue weighted by Gasteiger charge is -2.33. The van der Waals surface area contributed by atoms with Crippen LogP contribution >= 0.6 is 0 Å². The highest BCUT2D eigenvalue weighted by atomic mass is 28.3. The predicted octanol–water partition coefficient (Wildman–Crippen LogP) is 1.12. The summed E-state index contributed by atoms with van der Waals surface area (Å²) in [5.41, 5.74) is 0. The average Bonchev–Trinajstić information content (AvgIpc) is 1.61. The van der Waals surface area contributed by atoms with E-state index in [2.05, 4.69) is 46.6 Å². The maximum absolute atomic E-state index is 5.25. The summed E-state index contributed by atoms with van der Waals surface area (Å²) in [5, 5.41) is 3.72. The molecule has 0 rings (SSSR count). The third kappa shape index (κ3) is 2.17. The van der Waals surface area contributed by atoms with E-state index in [1.165, 1.54) is 0 Å². The third-order valence-corrected chi connectivity index (χ3v) is 6.30. The molecule has 0 aromatic carbocycles. The van der Waals surface area contributed by atoms with Crippen molar-refractivity contribution in [3.8, 4) is 0 Å². The lowest BCUT2D eigenvalue weighted by Crippen LogP contribution is -2.43. The predicted molar refractivity (Wildman–Crippen MR) is 50.5 cm³/mol. The monoisotopic (exact) mass is 157 g/mol. The smallest absolute Gasteiger partial charge is 0.244 e. The van der Waals surface area contributed by atoms with Crippen molar-refractivity contribution in [1.29, 1.82) is 0 Å². The summed E-state index contributed by atoms with van der Waals surface area (Å²) in [6.07, 6.45) is 0. The molecule has 10 heavy (non-hydrogen) atoms. The molecule has 0 aliphatic heterocycles. The summed E-state index contributed by atoms with van der Waals surface area (Å²) in [4.78, 5) is 0. The highest BCUT2D eigenvalue weighted by molar-refractivity contribution is 7.14. The first-order valence-corrected chi connectivity index (χ1v) is 6.36. The maximum atomic E-state index is 5.25. The van der Waals surface area contributed by atoms with E-state index in [9.17, 15) is 0 Å². The minimum absolute atomic E-state index is 0.230. The second-order valence-electron chi connectivity index (χ2n) is 3.98. The highest BCUT2D eigenvalue weighted by Crippen LogP contribution is 2.34. The first-order chi connectivity index (χ1) is 4.31. The van der Waals surface area contributed by atoms with Gasteiger partial charge < -0.3 is 4.53 Å². The van der Waals surface area contributed by atoms with Crippen molar-refractivity contribution in [2.75, 3.05) is 0 Å². The second-order valence-corrected chi connectivity index (χ2v) is 8.68. The van der Waals surface area contributed by atoms with Gasteiger partial charge in [0.1, 0.15) is 7.44 Å². The minimum atomic E-state index is -1.63. The summed E-state index contributed by atoms with van der Waals surface area (Å²) < 4.78 is 5.25. The van der Waals surface area contributed by atoms with Gasteiger partial charge in [-0.3, -0.25) is 0 Å². The summed E-state index contributed by atoms with van der Waals surface area (Å²) in [6.45, 7) is 12.0. The molecule has 0 aliphatic rings. The van der Waals surface area contributed by atoms with Crippen LogP contribution in [0.5, 0.6) is 0 Å². The fourth-order valence-electron chi connectivity index (χ4n) is 0.298. The molecular formula is C6H16BNOSi. The Morgan fingerprint density at radius 1 is 1.50 bits per heavy atom. The van der Waals surface area contributed by atoms with Crippen molar-refractivity contribution in [1.82, 2.24) is 0 Å². The lowest BCUT2D eigenvalue weighted by atomic mass is 10.2. The molecule has 0 aromatic heterocycles. The Bertz CT molecular complexity index is 130. The fraction of sp³-hybridized carbons (Fsp3) is 0.833. The van der Waals surface area contributed by atoms with Crippen LogP contribution in [0.1, 0.15) is 20.8 Å². The number of oxime groups is 1. The lowest BCUT2D eigenvalue weighted by molar-refractivity contribution is 0.323. The van der Waals surface area contributed by atoms with Gasteiger partial charge in [-0.15, -0.1) is 5.16 Å². The number of nitrogens with zero attached hydrogens (tertiary/aromatic N) is 1. The first kappa shape index (κ1) is 9.75. The first-order valence-electron chi connectivity index (χ1n) is 3.45. The number of rotatable bonds is 2. The zero-order chi connectivity index (χ0) is 8.41. The number of hydrogen-bond donors (Lipinski definition) is 0. The van der Waals surface area contributed by atoms with Crippen LogP contribution in [0.4, 0.5) is 0 Å². The van der Waals surface area contributed by atoms with Crippen LogP contribution in [-0.4, -0.2) is 22.3 Å². The van der Waals surface area contributed by atoms with Crippen molar-refractivity contribution in [3.05, 3.63) is 0 Å². The highest BCUT2D eigenvalue weighted by Gasteiger charge is 2.38. The number of hydrogen-bond acceptors (Lipinski definition) is 2. The van der Waals surface area contributed by atoms with Crippen LogP contribution in [0.25, 0.3) is 0 Å². The van der Waals surface area contributed by atoms with Crippen LogP contribution < -0.4 is 0 Å². The van der Waals surface area contributed by atoms with Crippen molar-refractivity contribution in [2.24, 2.45) is 5.16 Å². The van der Waals surface area contributed by atoms with Crippen LogP contribution in [0, 0.1) is 0 Å². The van der Waals surface area contributed by atoms with E-state index in [1.54, 1.807) is 0 Å². The molecular weight excluding hydrogens is 141 g/mol. The van der Waals surface area contributed by atoms with E-state index >= 15 is 0 Å². The Labute approximate surface area is 65.1 Å². The standard InChI is InChI=1S/C6H16BNOSi/c1-6(2,3)10(5,7)9-8-4/h4,7H2,1-3,5H3. The van der Waals surface area contributed by atoms with E-state index in [4.69, 9.17) is 4.53 Å². The van der Waals surface area contributed by atoms with Crippen LogP contribution in [0.2, 0.25) is 11.6 Å². The molecule has 1 unspecified atom stereocenters. The SMILES string of the molecule is B[Si](C)(ON=C)C(C)(C)C. The Kier molecular flexibility index (Phi) is 2.71. The quantitative estimate of drug-likeness (QED) is 0.334. The normalized spacial score (nSPS) is 17.6. The minimum Gasteiger partial charge on any atom is -0.465 e. The second kappa shape index (κ2) is 2.78. The van der Waals surface area contributed by atoms with E-state index in [1.807, 2.05) is 0 Å². The van der Waals surface area contributed by atoms with Gasteiger partial charge in [0.15, 0.2) is 0 Å². The molecule has 4 heteroatoms. The van der Waals surface area contributed by atoms with E-state index < -0.39 is 8.19 Å². The van der Waals surface area contributed by atoms with Crippen molar-refractivity contribution < 1.29 is 4.53 Å². The Morgan fingerprint density at radius 3 is 2.00 bits per heavy atom. The third-order valence-electron chi connectivity index (χ3n) is 2.10. The van der Waals surface area contributed by atoms with Crippen LogP contribution in [0.15, 0.2) is 5.16 Å². The van der Waals surface area contributed by atoms with Gasteiger partial charge in [0.2, 0.25) is 8.19 Å². The molecule has 0 heterocycles. The van der Waals surface area contributed by atoms with Gasteiger partial charge in [-0.05, 0) is 11.6 Å². The van der Waals surface area contributed by atoms with Crippen LogP contribution in [0.3, 0.4) is 0 Å². The molecule has 0 bridgehead atoms. The summed E-state index contributed by atoms with van der Waals surface area (Å²) in [7, 11) is 0.506. The molecule has 0 saturated carbocycles. The van der Waals surface area contributed by atoms with Gasteiger partial charge >= 0.3 is 0 Å². The fourth-order valence-corrected chi connectivity index (χ4v) is 0.895. The van der Waals surface area contributed by atoms with E-state index in [0.717, 1.165) is 0 Å². The van der Waals surface area contributed by atoms with Crippen molar-refractivity contribution in [3.63, 3.8) is 0 Å². The summed E-state index contributed by atoms with van der Waals surface area (Å²) in [5.74, 6) is 0. The van der Waals surface area contributed by atoms with Gasteiger partial charge in [-0.1, -0.05) is 20.8 Å². The Morgan fingerprint density at radius 2 is 1.90 bits per heavy atom. The Hall–Kier alpha value is -0.248. The van der Waals surface area contributed by atoms with E-state index in [-0.39, 0.29) is 5.04 Å². The average molecular weight is 157 g/mol. The molecule has 0 N–H and O–H groups in total. The maximum Gasteiger partial charge on any atom is 0.244 e. The van der Waals surface area contributed by atoms with Crippen molar-refractivity contribution in [2.45, 2.75) is 32.4 Å².